The first-order valence-electron chi connectivity index (χ1n) is 6.73. The first kappa shape index (κ1) is 15.2. The molecule has 1 N–H and O–H groups in total. The van der Waals surface area contributed by atoms with Crippen LogP contribution in [0.5, 0.6) is 0 Å². The maximum Gasteiger partial charge on any atom is 0.252 e. The molecule has 0 atom stereocenters. The minimum absolute atomic E-state index is 0.0537. The summed E-state index contributed by atoms with van der Waals surface area (Å²) in [6.45, 7) is 0.462. The van der Waals surface area contributed by atoms with E-state index in [4.69, 9.17) is 0 Å². The summed E-state index contributed by atoms with van der Waals surface area (Å²) >= 11 is 3.78. The molecular formula is C16H14IN3OS. The van der Waals surface area contributed by atoms with Gasteiger partial charge in [-0.15, -0.1) is 11.3 Å². The Morgan fingerprint density at radius 2 is 2.14 bits per heavy atom. The summed E-state index contributed by atoms with van der Waals surface area (Å²) in [5.41, 5.74) is 3.67. The van der Waals surface area contributed by atoms with E-state index in [9.17, 15) is 4.79 Å². The van der Waals surface area contributed by atoms with Gasteiger partial charge in [0, 0.05) is 36.3 Å². The zero-order valence-corrected chi connectivity index (χ0v) is 14.9. The molecule has 0 aliphatic carbocycles. The number of hydrogen-bond donors (Lipinski definition) is 1. The highest BCUT2D eigenvalue weighted by molar-refractivity contribution is 14.1. The fraction of sp³-hybridized carbons (Fsp3) is 0.125. The number of nitrogens with one attached hydrogen (secondary N) is 1. The first-order chi connectivity index (χ1) is 10.6. The molecule has 22 heavy (non-hydrogen) atoms. The van der Waals surface area contributed by atoms with Gasteiger partial charge in [0.15, 0.2) is 0 Å². The van der Waals surface area contributed by atoms with E-state index in [1.54, 1.807) is 16.0 Å². The summed E-state index contributed by atoms with van der Waals surface area (Å²) in [7, 11) is 1.89. The SMILES string of the molecule is Cn1cc(CNC(=O)c2csc(I)c2)c(-c2ccccc2)n1. The van der Waals surface area contributed by atoms with Crippen LogP contribution in [0.2, 0.25) is 0 Å². The number of halogens is 1. The van der Waals surface area contributed by atoms with Crippen LogP contribution < -0.4 is 5.32 Å². The summed E-state index contributed by atoms with van der Waals surface area (Å²) in [5, 5.41) is 9.34. The smallest absolute Gasteiger partial charge is 0.252 e. The first-order valence-corrected chi connectivity index (χ1v) is 8.69. The van der Waals surface area contributed by atoms with Gasteiger partial charge in [0.1, 0.15) is 0 Å². The molecule has 1 amide bonds. The van der Waals surface area contributed by atoms with Gasteiger partial charge in [-0.1, -0.05) is 30.3 Å². The van der Waals surface area contributed by atoms with E-state index in [-0.39, 0.29) is 5.91 Å². The fourth-order valence-electron chi connectivity index (χ4n) is 2.21. The fourth-order valence-corrected chi connectivity index (χ4v) is 3.54. The van der Waals surface area contributed by atoms with Crippen LogP contribution in [0, 0.1) is 2.88 Å². The van der Waals surface area contributed by atoms with Gasteiger partial charge in [0.2, 0.25) is 0 Å². The van der Waals surface area contributed by atoms with Crippen LogP contribution in [0.1, 0.15) is 15.9 Å². The topological polar surface area (TPSA) is 46.9 Å². The van der Waals surface area contributed by atoms with Crippen molar-refractivity contribution in [2.45, 2.75) is 6.54 Å². The molecule has 3 aromatic rings. The number of carbonyl (C=O) groups excluding carboxylic acids is 1. The number of carbonyl (C=O) groups is 1. The molecular weight excluding hydrogens is 409 g/mol. The van der Waals surface area contributed by atoms with Gasteiger partial charge in [-0.05, 0) is 28.7 Å². The molecule has 0 unspecified atom stereocenters. The van der Waals surface area contributed by atoms with Gasteiger partial charge in [-0.25, -0.2) is 0 Å². The lowest BCUT2D eigenvalue weighted by atomic mass is 10.1. The Morgan fingerprint density at radius 3 is 2.82 bits per heavy atom. The van der Waals surface area contributed by atoms with Crippen molar-refractivity contribution >= 4 is 39.8 Å². The number of thiophene rings is 1. The summed E-state index contributed by atoms with van der Waals surface area (Å²) in [5.74, 6) is -0.0537. The number of amides is 1. The van der Waals surface area contributed by atoms with Crippen molar-refractivity contribution in [2.24, 2.45) is 7.05 Å². The molecule has 0 radical (unpaired) electrons. The molecule has 0 bridgehead atoms. The van der Waals surface area contributed by atoms with E-state index in [0.29, 0.717) is 12.1 Å². The second-order valence-electron chi connectivity index (χ2n) is 4.86. The number of aryl methyl sites for hydroxylation is 1. The predicted molar refractivity (Wildman–Crippen MR) is 96.9 cm³/mol. The van der Waals surface area contributed by atoms with Crippen LogP contribution in [0.15, 0.2) is 48.0 Å². The number of benzene rings is 1. The average Bonchev–Trinajstić information content (AvgIpc) is 3.12. The Labute approximate surface area is 146 Å². The Hall–Kier alpha value is -1.67. The van der Waals surface area contributed by atoms with Crippen molar-refractivity contribution in [1.29, 1.82) is 0 Å². The van der Waals surface area contributed by atoms with Crippen LogP contribution >= 0.6 is 33.9 Å². The molecule has 0 fully saturated rings. The van der Waals surface area contributed by atoms with E-state index < -0.39 is 0 Å². The van der Waals surface area contributed by atoms with Gasteiger partial charge >= 0.3 is 0 Å². The molecule has 0 saturated carbocycles. The monoisotopic (exact) mass is 423 g/mol. The Morgan fingerprint density at radius 1 is 1.36 bits per heavy atom. The predicted octanol–water partition coefficient (Wildman–Crippen LogP) is 3.68. The van der Waals surface area contributed by atoms with Crippen LogP contribution in [0.25, 0.3) is 11.3 Å². The second kappa shape index (κ2) is 6.62. The zero-order valence-electron chi connectivity index (χ0n) is 11.9. The zero-order chi connectivity index (χ0) is 15.5. The van der Waals surface area contributed by atoms with Gasteiger partial charge in [0.05, 0.1) is 14.1 Å². The average molecular weight is 423 g/mol. The largest absolute Gasteiger partial charge is 0.348 e. The van der Waals surface area contributed by atoms with Crippen molar-refractivity contribution in [3.05, 3.63) is 62.0 Å². The highest BCUT2D eigenvalue weighted by Crippen LogP contribution is 2.22. The third-order valence-corrected chi connectivity index (χ3v) is 5.01. The number of nitrogens with zero attached hydrogens (tertiary/aromatic N) is 2. The van der Waals surface area contributed by atoms with E-state index in [0.717, 1.165) is 19.7 Å². The molecule has 2 heterocycles. The van der Waals surface area contributed by atoms with Gasteiger partial charge in [-0.2, -0.15) is 5.10 Å². The summed E-state index contributed by atoms with van der Waals surface area (Å²) in [4.78, 5) is 12.2. The molecule has 4 nitrogen and oxygen atoms in total. The van der Waals surface area contributed by atoms with Crippen LogP contribution in [0.3, 0.4) is 0 Å². The van der Waals surface area contributed by atoms with Gasteiger partial charge in [-0.3, -0.25) is 9.48 Å². The molecule has 0 spiro atoms. The van der Waals surface area contributed by atoms with Crippen molar-refractivity contribution in [1.82, 2.24) is 15.1 Å². The van der Waals surface area contributed by atoms with Crippen LogP contribution in [0.4, 0.5) is 0 Å². The molecule has 0 aliphatic heterocycles. The molecule has 112 valence electrons. The Balaban J connectivity index is 1.77. The van der Waals surface area contributed by atoms with Crippen molar-refractivity contribution in [3.63, 3.8) is 0 Å². The van der Waals surface area contributed by atoms with Crippen molar-refractivity contribution in [3.8, 4) is 11.3 Å². The number of rotatable bonds is 4. The van der Waals surface area contributed by atoms with E-state index >= 15 is 0 Å². The van der Waals surface area contributed by atoms with E-state index in [2.05, 4.69) is 33.0 Å². The van der Waals surface area contributed by atoms with Crippen LogP contribution in [-0.2, 0) is 13.6 Å². The molecule has 3 rings (SSSR count). The Bertz CT molecular complexity index is 795. The van der Waals surface area contributed by atoms with Gasteiger partial charge in [0.25, 0.3) is 5.91 Å². The lowest BCUT2D eigenvalue weighted by Crippen LogP contribution is -2.22. The van der Waals surface area contributed by atoms with E-state index in [1.807, 2.05) is 55.0 Å². The minimum Gasteiger partial charge on any atom is -0.348 e. The lowest BCUT2D eigenvalue weighted by Gasteiger charge is -2.04. The van der Waals surface area contributed by atoms with Gasteiger partial charge < -0.3 is 5.32 Å². The minimum atomic E-state index is -0.0537. The molecule has 1 aromatic carbocycles. The quantitative estimate of drug-likeness (QED) is 0.651. The number of hydrogen-bond acceptors (Lipinski definition) is 3. The Kier molecular flexibility index (Phi) is 4.58. The third kappa shape index (κ3) is 3.38. The highest BCUT2D eigenvalue weighted by atomic mass is 127. The molecule has 0 aliphatic rings. The maximum atomic E-state index is 12.2. The summed E-state index contributed by atoms with van der Waals surface area (Å²) in [6, 6.07) is 11.9. The normalized spacial score (nSPS) is 10.6. The highest BCUT2D eigenvalue weighted by Gasteiger charge is 2.12. The molecule has 2 aromatic heterocycles. The lowest BCUT2D eigenvalue weighted by molar-refractivity contribution is 0.0951. The van der Waals surface area contributed by atoms with E-state index in [1.165, 1.54) is 0 Å². The number of aromatic nitrogens is 2. The summed E-state index contributed by atoms with van der Waals surface area (Å²) in [6.07, 6.45) is 1.94. The van der Waals surface area contributed by atoms with Crippen molar-refractivity contribution < 1.29 is 4.79 Å². The van der Waals surface area contributed by atoms with Crippen LogP contribution in [-0.4, -0.2) is 15.7 Å². The maximum absolute atomic E-state index is 12.2. The molecule has 6 heteroatoms. The second-order valence-corrected chi connectivity index (χ2v) is 7.67. The van der Waals surface area contributed by atoms with Crippen molar-refractivity contribution in [2.75, 3.05) is 0 Å². The third-order valence-electron chi connectivity index (χ3n) is 3.22. The summed E-state index contributed by atoms with van der Waals surface area (Å²) < 4.78 is 2.88. The molecule has 0 saturated heterocycles. The standard InChI is InChI=1S/C16H14IN3OS/c1-20-9-13(15(19-20)11-5-3-2-4-6-11)8-18-16(21)12-7-14(17)22-10-12/h2-7,9-10H,8H2,1H3,(H,18,21).